The van der Waals surface area contributed by atoms with E-state index in [0.717, 1.165) is 18.1 Å². The fraction of sp³-hybridized carbons (Fsp3) is 0.812. The fourth-order valence-electron chi connectivity index (χ4n) is 2.10. The van der Waals surface area contributed by atoms with Gasteiger partial charge in [0.2, 0.25) is 0 Å². The Morgan fingerprint density at radius 3 is 2.37 bits per heavy atom. The number of hydrogen-bond donors (Lipinski definition) is 2. The summed E-state index contributed by atoms with van der Waals surface area (Å²) in [6.07, 6.45) is -3.54. The van der Waals surface area contributed by atoms with Gasteiger partial charge in [0.15, 0.2) is 11.8 Å². The Balaban J connectivity index is 0.00000676. The van der Waals surface area contributed by atoms with Crippen LogP contribution >= 0.6 is 24.0 Å². The largest absolute Gasteiger partial charge is 0.389 e. The highest BCUT2D eigenvalue weighted by molar-refractivity contribution is 14.0. The van der Waals surface area contributed by atoms with E-state index in [4.69, 9.17) is 4.74 Å². The third-order valence-electron chi connectivity index (χ3n) is 3.70. The van der Waals surface area contributed by atoms with Crippen LogP contribution < -0.4 is 10.6 Å². The average molecular weight is 506 g/mol. The lowest BCUT2D eigenvalue weighted by molar-refractivity contribution is -0.135. The highest BCUT2D eigenvalue weighted by atomic mass is 127. The monoisotopic (exact) mass is 506 g/mol. The molecule has 0 saturated heterocycles. The summed E-state index contributed by atoms with van der Waals surface area (Å²) >= 11 is 0. The molecule has 1 heterocycles. The predicted octanol–water partition coefficient (Wildman–Crippen LogP) is 2.94. The van der Waals surface area contributed by atoms with E-state index in [1.165, 1.54) is 0 Å². The molecule has 0 aromatic carbocycles. The first-order valence-electron chi connectivity index (χ1n) is 8.85. The van der Waals surface area contributed by atoms with Gasteiger partial charge < -0.3 is 19.9 Å². The Bertz CT molecular complexity index is 551. The van der Waals surface area contributed by atoms with Gasteiger partial charge in [0, 0.05) is 39.8 Å². The molecule has 0 atom stereocenters. The molecule has 1 aromatic heterocycles. The minimum absolute atomic E-state index is 0. The zero-order valence-corrected chi connectivity index (χ0v) is 18.4. The number of alkyl halides is 3. The van der Waals surface area contributed by atoms with E-state index in [2.05, 4.69) is 25.8 Å². The third-order valence-corrected chi connectivity index (χ3v) is 3.70. The highest BCUT2D eigenvalue weighted by Crippen LogP contribution is 2.21. The molecule has 2 N–H and O–H groups in total. The van der Waals surface area contributed by atoms with Crippen LogP contribution in [-0.4, -0.2) is 53.2 Å². The topological polar surface area (TPSA) is 76.4 Å². The first kappa shape index (κ1) is 25.9. The average Bonchev–Trinajstić information content (AvgIpc) is 2.89. The first-order chi connectivity index (χ1) is 12.3. The summed E-state index contributed by atoms with van der Waals surface area (Å²) in [6.45, 7) is 6.52. The number of aromatic nitrogens is 3. The van der Waals surface area contributed by atoms with Gasteiger partial charge in [0.1, 0.15) is 12.4 Å². The molecule has 0 amide bonds. The van der Waals surface area contributed by atoms with Gasteiger partial charge in [0.25, 0.3) is 0 Å². The summed E-state index contributed by atoms with van der Waals surface area (Å²) in [5, 5.41) is 14.3. The number of aliphatic imine (C=N–C) groups is 1. The molecule has 158 valence electrons. The Kier molecular flexibility index (Phi) is 13.4. The molecule has 0 spiro atoms. The molecule has 27 heavy (non-hydrogen) atoms. The van der Waals surface area contributed by atoms with E-state index in [9.17, 15) is 13.2 Å². The van der Waals surface area contributed by atoms with Crippen LogP contribution in [0, 0.1) is 6.92 Å². The number of nitrogens with one attached hydrogen (secondary N) is 2. The summed E-state index contributed by atoms with van der Waals surface area (Å²) in [7, 11) is 1.86. The van der Waals surface area contributed by atoms with Crippen LogP contribution in [0.15, 0.2) is 4.99 Å². The van der Waals surface area contributed by atoms with Crippen LogP contribution in [0.25, 0.3) is 0 Å². The van der Waals surface area contributed by atoms with Crippen LogP contribution in [-0.2, 0) is 18.3 Å². The Labute approximate surface area is 175 Å². The van der Waals surface area contributed by atoms with Crippen LogP contribution in [0.1, 0.15) is 44.3 Å². The van der Waals surface area contributed by atoms with Crippen molar-refractivity contribution in [1.82, 2.24) is 25.4 Å². The SMILES string of the molecule is CCOCCCNC(=NCc1nnc(C)n1C)NCCCCC(F)(F)F.I. The van der Waals surface area contributed by atoms with Crippen molar-refractivity contribution in [3.8, 4) is 0 Å². The molecule has 1 rings (SSSR count). The van der Waals surface area contributed by atoms with E-state index >= 15 is 0 Å². The standard InChI is InChI=1S/C16H29F3N6O.HI/c1-4-26-11-7-10-21-15(20-9-6-5-8-16(17,18)19)22-12-14-24-23-13(2)25(14)3;/h4-12H2,1-3H3,(H2,20,21,22);1H. The highest BCUT2D eigenvalue weighted by Gasteiger charge is 2.25. The molecular formula is C16H30F3IN6O. The van der Waals surface area contributed by atoms with Crippen molar-refractivity contribution in [3.05, 3.63) is 11.6 Å². The maximum atomic E-state index is 12.2. The zero-order valence-electron chi connectivity index (χ0n) is 16.1. The van der Waals surface area contributed by atoms with Gasteiger partial charge in [-0.15, -0.1) is 34.2 Å². The van der Waals surface area contributed by atoms with E-state index in [1.807, 2.05) is 25.5 Å². The lowest BCUT2D eigenvalue weighted by atomic mass is 10.2. The van der Waals surface area contributed by atoms with Crippen molar-refractivity contribution >= 4 is 29.9 Å². The van der Waals surface area contributed by atoms with Crippen molar-refractivity contribution in [3.63, 3.8) is 0 Å². The molecule has 11 heteroatoms. The number of ether oxygens (including phenoxy) is 1. The number of aryl methyl sites for hydroxylation is 1. The molecule has 0 unspecified atom stereocenters. The Morgan fingerprint density at radius 1 is 1.15 bits per heavy atom. The van der Waals surface area contributed by atoms with E-state index in [1.54, 1.807) is 0 Å². The number of nitrogens with zero attached hydrogens (tertiary/aromatic N) is 4. The van der Waals surface area contributed by atoms with Gasteiger partial charge in [-0.1, -0.05) is 0 Å². The lowest BCUT2D eigenvalue weighted by Gasteiger charge is -2.13. The second kappa shape index (κ2) is 14.0. The van der Waals surface area contributed by atoms with Crippen molar-refractivity contribution in [2.75, 3.05) is 26.3 Å². The first-order valence-corrected chi connectivity index (χ1v) is 8.85. The number of hydrogen-bond acceptors (Lipinski definition) is 4. The van der Waals surface area contributed by atoms with Crippen molar-refractivity contribution < 1.29 is 17.9 Å². The van der Waals surface area contributed by atoms with Gasteiger partial charge in [-0.3, -0.25) is 0 Å². The number of unbranched alkanes of at least 4 members (excludes halogenated alkanes) is 1. The van der Waals surface area contributed by atoms with Crippen molar-refractivity contribution in [2.45, 2.75) is 52.3 Å². The zero-order chi connectivity index (χ0) is 19.4. The molecule has 7 nitrogen and oxygen atoms in total. The molecule has 0 saturated carbocycles. The van der Waals surface area contributed by atoms with Crippen molar-refractivity contribution in [2.24, 2.45) is 12.0 Å². The van der Waals surface area contributed by atoms with E-state index in [0.29, 0.717) is 45.2 Å². The summed E-state index contributed by atoms with van der Waals surface area (Å²) < 4.78 is 43.7. The van der Waals surface area contributed by atoms with Crippen LogP contribution in [0.3, 0.4) is 0 Å². The minimum Gasteiger partial charge on any atom is -0.382 e. The predicted molar refractivity (Wildman–Crippen MR) is 109 cm³/mol. The second-order valence-electron chi connectivity index (χ2n) is 5.86. The van der Waals surface area contributed by atoms with Crippen molar-refractivity contribution in [1.29, 1.82) is 0 Å². The summed E-state index contributed by atoms with van der Waals surface area (Å²) in [5.41, 5.74) is 0. The van der Waals surface area contributed by atoms with E-state index < -0.39 is 12.6 Å². The molecule has 0 aliphatic rings. The smallest absolute Gasteiger partial charge is 0.382 e. The minimum atomic E-state index is -4.10. The molecule has 0 aliphatic heterocycles. The van der Waals surface area contributed by atoms with Gasteiger partial charge in [-0.25, -0.2) is 4.99 Å². The number of rotatable bonds is 11. The van der Waals surface area contributed by atoms with Crippen LogP contribution in [0.2, 0.25) is 0 Å². The summed E-state index contributed by atoms with van der Waals surface area (Å²) in [4.78, 5) is 4.44. The molecule has 0 radical (unpaired) electrons. The fourth-order valence-corrected chi connectivity index (χ4v) is 2.10. The second-order valence-corrected chi connectivity index (χ2v) is 5.86. The van der Waals surface area contributed by atoms with Gasteiger partial charge in [-0.2, -0.15) is 13.2 Å². The molecule has 1 aromatic rings. The molecular weight excluding hydrogens is 476 g/mol. The van der Waals surface area contributed by atoms with Crippen LogP contribution in [0.4, 0.5) is 13.2 Å². The number of halogens is 4. The molecule has 0 fully saturated rings. The summed E-state index contributed by atoms with van der Waals surface area (Å²) in [5.74, 6) is 2.06. The third kappa shape index (κ3) is 12.1. The Hall–Kier alpha value is -1.11. The Morgan fingerprint density at radius 2 is 1.81 bits per heavy atom. The lowest BCUT2D eigenvalue weighted by Crippen LogP contribution is -2.38. The quantitative estimate of drug-likeness (QED) is 0.209. The molecule has 0 bridgehead atoms. The maximum Gasteiger partial charge on any atom is 0.389 e. The van der Waals surface area contributed by atoms with E-state index in [-0.39, 0.29) is 30.4 Å². The van der Waals surface area contributed by atoms with Crippen LogP contribution in [0.5, 0.6) is 0 Å². The maximum absolute atomic E-state index is 12.2. The molecule has 0 aliphatic carbocycles. The summed E-state index contributed by atoms with van der Waals surface area (Å²) in [6, 6.07) is 0. The van der Waals surface area contributed by atoms with Gasteiger partial charge in [-0.05, 0) is 33.1 Å². The number of guanidine groups is 1. The van der Waals surface area contributed by atoms with Gasteiger partial charge in [0.05, 0.1) is 0 Å². The van der Waals surface area contributed by atoms with Gasteiger partial charge >= 0.3 is 6.18 Å². The normalized spacial score (nSPS) is 12.0.